The van der Waals surface area contributed by atoms with Gasteiger partial charge in [-0.1, -0.05) is 24.3 Å². The molecule has 0 unspecified atom stereocenters. The summed E-state index contributed by atoms with van der Waals surface area (Å²) in [5, 5.41) is 11.6. The molecule has 7 heteroatoms. The number of hydrogen-bond donors (Lipinski definition) is 4. The van der Waals surface area contributed by atoms with Gasteiger partial charge in [-0.2, -0.15) is 0 Å². The molecule has 2 aliphatic heterocycles. The molecule has 6 rings (SSSR count). The molecule has 4 N–H and O–H groups in total. The Morgan fingerprint density at radius 2 is 1.79 bits per heavy atom. The Morgan fingerprint density at radius 3 is 2.56 bits per heavy atom. The van der Waals surface area contributed by atoms with Crippen LogP contribution in [0, 0.1) is 0 Å². The van der Waals surface area contributed by atoms with Crippen molar-refractivity contribution in [2.24, 2.45) is 4.99 Å². The van der Waals surface area contributed by atoms with Gasteiger partial charge in [-0.15, -0.1) is 0 Å². The van der Waals surface area contributed by atoms with Crippen molar-refractivity contribution in [2.45, 2.75) is 70.6 Å². The number of para-hydroxylation sites is 1. The molecule has 2 aromatic carbocycles. The third kappa shape index (κ3) is 5.32. The lowest BCUT2D eigenvalue weighted by molar-refractivity contribution is 0.0873. The summed E-state index contributed by atoms with van der Waals surface area (Å²) >= 11 is 0. The molecule has 1 amide bonds. The Morgan fingerprint density at radius 1 is 1.03 bits per heavy atom. The van der Waals surface area contributed by atoms with Gasteiger partial charge in [0.2, 0.25) is 0 Å². The molecular weight excluding hydrogens is 484 g/mol. The zero-order valence-corrected chi connectivity index (χ0v) is 23.1. The Labute approximate surface area is 229 Å². The lowest BCUT2D eigenvalue weighted by Gasteiger charge is -2.46. The van der Waals surface area contributed by atoms with Gasteiger partial charge in [0.25, 0.3) is 5.91 Å². The zero-order valence-electron chi connectivity index (χ0n) is 23.1. The van der Waals surface area contributed by atoms with Crippen molar-refractivity contribution in [3.8, 4) is 11.3 Å². The molecule has 0 bridgehead atoms. The third-order valence-corrected chi connectivity index (χ3v) is 7.67. The SMILES string of the molecule is CC1(C)CC(NC(=O)c2ccc3[nH]c4c(c3c2)CC(=NCc2ccccn2)Nc2ccccc2-4)CC(C)(C)N1. The topological polar surface area (TPSA) is 94.2 Å². The number of anilines is 1. The second-order valence-corrected chi connectivity index (χ2v) is 12.1. The molecule has 2 aliphatic rings. The van der Waals surface area contributed by atoms with Crippen LogP contribution in [0.1, 0.15) is 62.2 Å². The van der Waals surface area contributed by atoms with Crippen LogP contribution in [-0.4, -0.2) is 38.8 Å². The number of hydrogen-bond acceptors (Lipinski definition) is 4. The van der Waals surface area contributed by atoms with Gasteiger partial charge >= 0.3 is 0 Å². The van der Waals surface area contributed by atoms with Gasteiger partial charge in [0, 0.05) is 57.5 Å². The molecule has 0 atom stereocenters. The smallest absolute Gasteiger partial charge is 0.251 e. The number of pyridine rings is 1. The second kappa shape index (κ2) is 9.65. The maximum atomic E-state index is 13.5. The first-order chi connectivity index (χ1) is 18.7. The van der Waals surface area contributed by atoms with Crippen molar-refractivity contribution < 1.29 is 4.79 Å². The average Bonchev–Trinajstić information content (AvgIpc) is 3.15. The predicted molar refractivity (Wildman–Crippen MR) is 158 cm³/mol. The maximum Gasteiger partial charge on any atom is 0.251 e. The van der Waals surface area contributed by atoms with E-state index in [0.29, 0.717) is 18.5 Å². The van der Waals surface area contributed by atoms with E-state index in [1.54, 1.807) is 6.20 Å². The van der Waals surface area contributed by atoms with Crippen LogP contribution < -0.4 is 16.0 Å². The number of benzene rings is 2. The number of fused-ring (bicyclic) bond motifs is 5. The monoisotopic (exact) mass is 520 g/mol. The van der Waals surface area contributed by atoms with E-state index in [-0.39, 0.29) is 23.0 Å². The summed E-state index contributed by atoms with van der Waals surface area (Å²) in [4.78, 5) is 26.4. The van der Waals surface area contributed by atoms with E-state index in [4.69, 9.17) is 4.99 Å². The summed E-state index contributed by atoms with van der Waals surface area (Å²) in [6.07, 6.45) is 4.20. The van der Waals surface area contributed by atoms with E-state index in [1.165, 1.54) is 0 Å². The molecule has 0 saturated carbocycles. The van der Waals surface area contributed by atoms with Crippen LogP contribution in [0.3, 0.4) is 0 Å². The molecule has 39 heavy (non-hydrogen) atoms. The Bertz CT molecular complexity index is 1550. The third-order valence-electron chi connectivity index (χ3n) is 7.67. The van der Waals surface area contributed by atoms with E-state index in [1.807, 2.05) is 48.5 Å². The lowest BCUT2D eigenvalue weighted by atomic mass is 9.79. The highest BCUT2D eigenvalue weighted by Gasteiger charge is 2.38. The van der Waals surface area contributed by atoms with Gasteiger partial charge in [-0.25, -0.2) is 0 Å². The number of carbonyl (C=O) groups excluding carboxylic acids is 1. The Hall–Kier alpha value is -3.97. The van der Waals surface area contributed by atoms with Crippen LogP contribution in [0.4, 0.5) is 5.69 Å². The minimum Gasteiger partial charge on any atom is -0.354 e. The van der Waals surface area contributed by atoms with Crippen molar-refractivity contribution in [1.82, 2.24) is 20.6 Å². The molecule has 0 spiro atoms. The number of amidine groups is 1. The summed E-state index contributed by atoms with van der Waals surface area (Å²) in [7, 11) is 0. The Balaban J connectivity index is 1.34. The van der Waals surface area contributed by atoms with Crippen LogP contribution in [0.5, 0.6) is 0 Å². The maximum absolute atomic E-state index is 13.5. The lowest BCUT2D eigenvalue weighted by Crippen LogP contribution is -2.62. The molecule has 0 radical (unpaired) electrons. The predicted octanol–water partition coefficient (Wildman–Crippen LogP) is 5.84. The first-order valence-corrected chi connectivity index (χ1v) is 13.7. The number of nitrogens with zero attached hydrogens (tertiary/aromatic N) is 2. The van der Waals surface area contributed by atoms with Gasteiger partial charge in [0.15, 0.2) is 0 Å². The van der Waals surface area contributed by atoms with Gasteiger partial charge in [-0.3, -0.25) is 14.8 Å². The van der Waals surface area contributed by atoms with Gasteiger partial charge < -0.3 is 20.9 Å². The number of rotatable bonds is 4. The van der Waals surface area contributed by atoms with Crippen LogP contribution in [0.15, 0.2) is 71.9 Å². The van der Waals surface area contributed by atoms with E-state index >= 15 is 0 Å². The number of carbonyl (C=O) groups is 1. The van der Waals surface area contributed by atoms with Crippen molar-refractivity contribution in [1.29, 1.82) is 0 Å². The van der Waals surface area contributed by atoms with Gasteiger partial charge in [0.05, 0.1) is 17.9 Å². The minimum absolute atomic E-state index is 0.0264. The Kier molecular flexibility index (Phi) is 6.26. The fraction of sp³-hybridized carbons (Fsp3) is 0.344. The standard InChI is InChI=1S/C32H36N6O/c1-31(2)17-22(18-32(3,4)38-31)35-30(39)20-12-13-27-24(15-20)25-16-28(34-19-21-9-7-8-14-33-21)36-26-11-6-5-10-23(26)29(25)37-27/h5-15,22,37-38H,16-19H2,1-4H3,(H,34,36)(H,35,39). The zero-order chi connectivity index (χ0) is 27.2. The van der Waals surface area contributed by atoms with Crippen LogP contribution in [0.25, 0.3) is 22.2 Å². The molecule has 4 heterocycles. The number of nitrogens with one attached hydrogen (secondary N) is 4. The summed E-state index contributed by atoms with van der Waals surface area (Å²) < 4.78 is 0. The fourth-order valence-electron chi connectivity index (χ4n) is 6.44. The number of amides is 1. The van der Waals surface area contributed by atoms with Crippen LogP contribution >= 0.6 is 0 Å². The number of aliphatic imine (C=N–C) groups is 1. The van der Waals surface area contributed by atoms with E-state index in [0.717, 1.165) is 57.8 Å². The summed E-state index contributed by atoms with van der Waals surface area (Å²) in [5.74, 6) is 0.850. The number of piperidine rings is 1. The van der Waals surface area contributed by atoms with Crippen molar-refractivity contribution in [3.05, 3.63) is 83.7 Å². The molecule has 1 fully saturated rings. The van der Waals surface area contributed by atoms with Crippen molar-refractivity contribution >= 4 is 28.3 Å². The van der Waals surface area contributed by atoms with Gasteiger partial charge in [0.1, 0.15) is 5.84 Å². The molecule has 200 valence electrons. The molecular formula is C32H36N6O. The van der Waals surface area contributed by atoms with Crippen LogP contribution in [0.2, 0.25) is 0 Å². The van der Waals surface area contributed by atoms with Gasteiger partial charge in [-0.05, 0) is 82.5 Å². The summed E-state index contributed by atoms with van der Waals surface area (Å²) in [6.45, 7) is 9.31. The fourth-order valence-corrected chi connectivity index (χ4v) is 6.44. The number of aromatic nitrogens is 2. The highest BCUT2D eigenvalue weighted by atomic mass is 16.1. The van der Waals surface area contributed by atoms with Crippen LogP contribution in [-0.2, 0) is 13.0 Å². The van der Waals surface area contributed by atoms with Crippen molar-refractivity contribution in [2.75, 3.05) is 5.32 Å². The largest absolute Gasteiger partial charge is 0.354 e. The summed E-state index contributed by atoms with van der Waals surface area (Å²) in [6, 6.07) is 20.2. The molecule has 7 nitrogen and oxygen atoms in total. The molecule has 1 saturated heterocycles. The number of aromatic amines is 1. The van der Waals surface area contributed by atoms with E-state index in [2.05, 4.69) is 65.7 Å². The molecule has 4 aromatic rings. The highest BCUT2D eigenvalue weighted by molar-refractivity contribution is 6.08. The van der Waals surface area contributed by atoms with E-state index < -0.39 is 0 Å². The highest BCUT2D eigenvalue weighted by Crippen LogP contribution is 2.38. The number of H-pyrrole nitrogens is 1. The molecule has 0 aliphatic carbocycles. The second-order valence-electron chi connectivity index (χ2n) is 12.1. The normalized spacial score (nSPS) is 19.1. The van der Waals surface area contributed by atoms with Crippen molar-refractivity contribution in [3.63, 3.8) is 0 Å². The first kappa shape index (κ1) is 25.3. The summed E-state index contributed by atoms with van der Waals surface area (Å²) in [5.41, 5.74) is 6.86. The first-order valence-electron chi connectivity index (χ1n) is 13.7. The quantitative estimate of drug-likeness (QED) is 0.272. The molecule has 2 aromatic heterocycles. The average molecular weight is 521 g/mol. The van der Waals surface area contributed by atoms with E-state index in [9.17, 15) is 4.79 Å². The minimum atomic E-state index is -0.0347.